The number of rotatable bonds is 29. The van der Waals surface area contributed by atoms with Gasteiger partial charge in [0.05, 0.1) is 0 Å². The highest BCUT2D eigenvalue weighted by Crippen LogP contribution is 2.78. The van der Waals surface area contributed by atoms with Crippen LogP contribution in [0.15, 0.2) is 24.3 Å². The van der Waals surface area contributed by atoms with Crippen molar-refractivity contribution in [3.8, 4) is 0 Å². The first-order valence-corrected chi connectivity index (χ1v) is 26.3. The molecule has 0 spiro atoms. The molecule has 0 radical (unpaired) electrons. The van der Waals surface area contributed by atoms with Crippen molar-refractivity contribution in [2.75, 3.05) is 0 Å². The molecule has 0 aromatic heterocycles. The highest BCUT2D eigenvalue weighted by molar-refractivity contribution is 5.24. The molecule has 61 heavy (non-hydrogen) atoms. The maximum atomic E-state index is 5.16. The largest absolute Gasteiger partial charge is 0.0993 e. The highest BCUT2D eigenvalue weighted by Gasteiger charge is 2.71. The molecule has 0 aliphatic heterocycles. The van der Waals surface area contributed by atoms with Crippen LogP contribution in [0.3, 0.4) is 0 Å². The van der Waals surface area contributed by atoms with E-state index in [-0.39, 0.29) is 70.4 Å². The molecule has 0 aromatic carbocycles. The summed E-state index contributed by atoms with van der Waals surface area (Å²) in [5, 5.41) is 0. The van der Waals surface area contributed by atoms with Gasteiger partial charge in [-0.05, 0) is 109 Å². The van der Waals surface area contributed by atoms with E-state index in [0.29, 0.717) is 0 Å². The summed E-state index contributed by atoms with van der Waals surface area (Å²) in [4.78, 5) is 0. The summed E-state index contributed by atoms with van der Waals surface area (Å²) in [5.74, 6) is 0. The van der Waals surface area contributed by atoms with Crippen molar-refractivity contribution in [1.29, 1.82) is 0 Å². The van der Waals surface area contributed by atoms with Gasteiger partial charge in [0.25, 0.3) is 0 Å². The van der Waals surface area contributed by atoms with Gasteiger partial charge in [0.1, 0.15) is 0 Å². The number of hydrogen-bond acceptors (Lipinski definition) is 0. The third-order valence-corrected chi connectivity index (χ3v) is 22.1. The minimum absolute atomic E-state index is 0.0000323. The highest BCUT2D eigenvalue weighted by atomic mass is 14.8. The third kappa shape index (κ3) is 12.1. The summed E-state index contributed by atoms with van der Waals surface area (Å²) in [5.41, 5.74) is 3.10. The van der Waals surface area contributed by atoms with Crippen LogP contribution in [0.25, 0.3) is 0 Å². The molecule has 0 saturated heterocycles. The molecule has 2 unspecified atom stereocenters. The van der Waals surface area contributed by atoms with E-state index in [1.165, 1.54) is 88.2 Å². The van der Waals surface area contributed by atoms with Crippen molar-refractivity contribution in [1.82, 2.24) is 0 Å². The Morgan fingerprint density at radius 3 is 1.00 bits per heavy atom. The fourth-order valence-electron chi connectivity index (χ4n) is 13.3. The lowest BCUT2D eigenvalue weighted by Gasteiger charge is -2.75. The molecule has 0 aliphatic carbocycles. The van der Waals surface area contributed by atoms with E-state index >= 15 is 0 Å². The Balaban J connectivity index is 8.02. The molecule has 0 amide bonds. The Morgan fingerprint density at radius 2 is 0.672 bits per heavy atom. The van der Waals surface area contributed by atoms with Crippen LogP contribution >= 0.6 is 0 Å². The first kappa shape index (κ1) is 60.5. The second-order valence-corrected chi connectivity index (χ2v) is 29.0. The molecular formula is C61H120. The monoisotopic (exact) mass is 853 g/mol. The Kier molecular flexibility index (Phi) is 20.4. The maximum Gasteiger partial charge on any atom is -0.0113 e. The summed E-state index contributed by atoms with van der Waals surface area (Å²) in [6.07, 6.45) is 20.2. The fourth-order valence-corrected chi connectivity index (χ4v) is 13.3. The zero-order valence-corrected chi connectivity index (χ0v) is 48.2. The molecule has 0 N–H and O–H groups in total. The van der Waals surface area contributed by atoms with Gasteiger partial charge in [0.15, 0.2) is 0 Å². The summed E-state index contributed by atoms with van der Waals surface area (Å²) in [7, 11) is 0. The number of unbranched alkanes of at least 4 members (excludes halogenated alkanes) is 8. The van der Waals surface area contributed by atoms with Crippen molar-refractivity contribution in [3.05, 3.63) is 24.3 Å². The second-order valence-electron chi connectivity index (χ2n) is 29.0. The van der Waals surface area contributed by atoms with Gasteiger partial charge in [-0.3, -0.25) is 0 Å². The van der Waals surface area contributed by atoms with Gasteiger partial charge < -0.3 is 0 Å². The molecule has 0 aromatic rings. The van der Waals surface area contributed by atoms with Gasteiger partial charge in [-0.1, -0.05) is 282 Å². The summed E-state index contributed by atoms with van der Waals surface area (Å²) < 4.78 is 0. The molecule has 0 bridgehead atoms. The van der Waals surface area contributed by atoms with Crippen molar-refractivity contribution >= 4 is 0 Å². The van der Waals surface area contributed by atoms with Crippen LogP contribution in [0.1, 0.15) is 297 Å². The van der Waals surface area contributed by atoms with Gasteiger partial charge in [0.2, 0.25) is 0 Å². The molecular weight excluding hydrogens is 733 g/mol. The summed E-state index contributed by atoms with van der Waals surface area (Å²) in [6, 6.07) is 0. The molecule has 0 rings (SSSR count). The van der Waals surface area contributed by atoms with Crippen LogP contribution in [0, 0.1) is 70.4 Å². The smallest absolute Gasteiger partial charge is 0.0113 e. The van der Waals surface area contributed by atoms with Crippen LogP contribution in [0.5, 0.6) is 0 Å². The lowest BCUT2D eigenvalue weighted by atomic mass is 9.29. The molecule has 0 nitrogen and oxygen atoms in total. The van der Waals surface area contributed by atoms with Crippen molar-refractivity contribution in [3.63, 3.8) is 0 Å². The van der Waals surface area contributed by atoms with Crippen molar-refractivity contribution in [2.24, 2.45) is 70.4 Å². The van der Waals surface area contributed by atoms with E-state index in [1.807, 2.05) is 0 Å². The maximum absolute atomic E-state index is 5.16. The van der Waals surface area contributed by atoms with Crippen molar-refractivity contribution in [2.45, 2.75) is 297 Å². The molecule has 0 heterocycles. The number of hydrogen-bond donors (Lipinski definition) is 0. The van der Waals surface area contributed by atoms with E-state index < -0.39 is 0 Å². The summed E-state index contributed by atoms with van der Waals surface area (Å²) >= 11 is 0. The first-order chi connectivity index (χ1) is 26.9. The number of allylic oxidation sites excluding steroid dienone is 2. The predicted molar refractivity (Wildman–Crippen MR) is 283 cm³/mol. The topological polar surface area (TPSA) is 0 Å². The van der Waals surface area contributed by atoms with Gasteiger partial charge in [-0.15, -0.1) is 0 Å². The lowest BCUT2D eigenvalue weighted by Crippen LogP contribution is -2.69. The normalized spacial score (nSPS) is 17.0. The molecule has 0 saturated carbocycles. The van der Waals surface area contributed by atoms with Crippen LogP contribution in [-0.2, 0) is 0 Å². The minimum Gasteiger partial charge on any atom is -0.0993 e. The Labute approximate surface area is 389 Å². The van der Waals surface area contributed by atoms with E-state index in [0.717, 1.165) is 25.7 Å². The van der Waals surface area contributed by atoms with Gasteiger partial charge in [-0.25, -0.2) is 0 Å². The zero-order valence-electron chi connectivity index (χ0n) is 48.2. The first-order valence-electron chi connectivity index (χ1n) is 26.3. The quantitative estimate of drug-likeness (QED) is 0.0519. The zero-order chi connectivity index (χ0) is 49.0. The van der Waals surface area contributed by atoms with E-state index in [9.17, 15) is 0 Å². The third-order valence-electron chi connectivity index (χ3n) is 22.1. The lowest BCUT2D eigenvalue weighted by molar-refractivity contribution is -0.268. The van der Waals surface area contributed by atoms with Gasteiger partial charge in [-0.2, -0.15) is 0 Å². The van der Waals surface area contributed by atoms with E-state index in [4.69, 9.17) is 13.2 Å². The fraction of sp³-hybridized carbons (Fsp3) is 0.934. The van der Waals surface area contributed by atoms with Gasteiger partial charge in [0, 0.05) is 0 Å². The second kappa shape index (κ2) is 20.6. The Morgan fingerprint density at radius 1 is 0.344 bits per heavy atom. The van der Waals surface area contributed by atoms with Gasteiger partial charge >= 0.3 is 0 Å². The summed E-state index contributed by atoms with van der Waals surface area (Å²) in [6.45, 7) is 82.3. The minimum atomic E-state index is -0.133. The molecule has 0 fully saturated rings. The van der Waals surface area contributed by atoms with Crippen LogP contribution < -0.4 is 0 Å². The average Bonchev–Trinajstić information content (AvgIpc) is 3.09. The molecule has 0 aliphatic rings. The SMILES string of the molecule is C=C(CC(C)(C)C)C(C)(C)CC(C)(CC)C(=C)CC(C)(C)C(C)(C(C)(C)C(C)(C)C(C)(C)C(C)(C)CCCCCC)C(C)(C)C(C)(C)C(C)(C)C(C)(C)CCCCCCCC. The van der Waals surface area contributed by atoms with Crippen LogP contribution in [0.2, 0.25) is 0 Å². The van der Waals surface area contributed by atoms with E-state index in [1.54, 1.807) is 0 Å². The Hall–Kier alpha value is -0.520. The molecule has 0 heteroatoms. The van der Waals surface area contributed by atoms with Crippen LogP contribution in [0.4, 0.5) is 0 Å². The van der Waals surface area contributed by atoms with E-state index in [2.05, 4.69) is 194 Å². The van der Waals surface area contributed by atoms with Crippen molar-refractivity contribution < 1.29 is 0 Å². The Bertz CT molecular complexity index is 1370. The predicted octanol–water partition coefficient (Wildman–Crippen LogP) is 21.7. The standard InChI is InChI=1S/C61H120/c1-31-34-36-38-39-41-43-52(13,14)55(19,20)57(23,24)59(27,28)61(30,58(25,26)56(21,22)54(17,18)51(11,12)42-40-37-35-32-2)53(15,16)45-48(5)60(29,33-3)46-50(9,10)47(4)44-49(6,7)8/h4-5,31-46H2,1-3,6-30H3. The van der Waals surface area contributed by atoms with Crippen LogP contribution in [-0.4, -0.2) is 0 Å². The molecule has 2 atom stereocenters. The average molecular weight is 854 g/mol. The molecule has 364 valence electrons.